The van der Waals surface area contributed by atoms with E-state index in [9.17, 15) is 18.0 Å². The van der Waals surface area contributed by atoms with Crippen molar-refractivity contribution in [2.24, 2.45) is 5.92 Å². The van der Waals surface area contributed by atoms with Crippen LogP contribution < -0.4 is 10.6 Å². The van der Waals surface area contributed by atoms with Crippen molar-refractivity contribution < 1.29 is 18.0 Å². The molecule has 1 unspecified atom stereocenters. The number of aromatic nitrogens is 5. The SMILES string of the molecule is Cc1cn(C2=CC(NC(=O)c3ccc(C)c(Nc4nccc(-c5cccnc5)n4)c3)=CC(C(F)(F)F)C2)cn1. The molecule has 0 spiro atoms. The van der Waals surface area contributed by atoms with Crippen LogP contribution in [0.2, 0.25) is 0 Å². The van der Waals surface area contributed by atoms with Gasteiger partial charge in [0.25, 0.3) is 5.91 Å². The van der Waals surface area contributed by atoms with Crippen molar-refractivity contribution in [3.05, 3.63) is 102 Å². The van der Waals surface area contributed by atoms with Crippen LogP contribution in [0, 0.1) is 19.8 Å². The van der Waals surface area contributed by atoms with Crippen molar-refractivity contribution >= 4 is 23.2 Å². The fourth-order valence-corrected chi connectivity index (χ4v) is 4.15. The maximum Gasteiger partial charge on any atom is 0.395 e. The molecule has 0 saturated heterocycles. The molecule has 5 rings (SSSR count). The summed E-state index contributed by atoms with van der Waals surface area (Å²) < 4.78 is 42.6. The molecule has 0 bridgehead atoms. The number of carbonyl (C=O) groups is 1. The lowest BCUT2D eigenvalue weighted by molar-refractivity contribution is -0.160. The van der Waals surface area contributed by atoms with Crippen LogP contribution in [0.25, 0.3) is 17.0 Å². The Bertz CT molecular complexity index is 1580. The van der Waals surface area contributed by atoms with Crippen LogP contribution in [-0.2, 0) is 0 Å². The monoisotopic (exact) mass is 531 g/mol. The number of allylic oxidation sites excluding steroid dienone is 3. The molecule has 0 radical (unpaired) electrons. The average Bonchev–Trinajstić information content (AvgIpc) is 3.36. The van der Waals surface area contributed by atoms with Gasteiger partial charge in [-0.05, 0) is 61.9 Å². The zero-order chi connectivity index (χ0) is 27.6. The van der Waals surface area contributed by atoms with Gasteiger partial charge in [0.2, 0.25) is 5.95 Å². The van der Waals surface area contributed by atoms with E-state index in [2.05, 4.69) is 30.6 Å². The highest BCUT2D eigenvalue weighted by molar-refractivity contribution is 5.97. The van der Waals surface area contributed by atoms with E-state index >= 15 is 0 Å². The predicted octanol–water partition coefficient (Wildman–Crippen LogP) is 5.83. The van der Waals surface area contributed by atoms with Crippen LogP contribution in [0.3, 0.4) is 0 Å². The zero-order valence-electron chi connectivity index (χ0n) is 21.1. The number of nitrogens with zero attached hydrogens (tertiary/aromatic N) is 5. The molecule has 3 aromatic heterocycles. The van der Waals surface area contributed by atoms with Crippen LogP contribution in [0.1, 0.15) is 28.0 Å². The lowest BCUT2D eigenvalue weighted by Gasteiger charge is -2.24. The first kappa shape index (κ1) is 25.8. The molecule has 3 heterocycles. The minimum Gasteiger partial charge on any atom is -0.324 e. The number of imidazole rings is 1. The number of alkyl halides is 3. The van der Waals surface area contributed by atoms with Crippen LogP contribution in [-0.4, -0.2) is 36.6 Å². The topological polar surface area (TPSA) is 97.6 Å². The number of halogens is 3. The number of aryl methyl sites for hydroxylation is 2. The molecule has 11 heteroatoms. The Morgan fingerprint density at radius 1 is 1.10 bits per heavy atom. The van der Waals surface area contributed by atoms with Gasteiger partial charge in [-0.15, -0.1) is 0 Å². The third-order valence-corrected chi connectivity index (χ3v) is 6.21. The molecule has 1 aliphatic rings. The molecule has 1 aliphatic carbocycles. The van der Waals surface area contributed by atoms with Gasteiger partial charge < -0.3 is 15.2 Å². The van der Waals surface area contributed by atoms with Gasteiger partial charge >= 0.3 is 6.18 Å². The Balaban J connectivity index is 1.38. The summed E-state index contributed by atoms with van der Waals surface area (Å²) in [6.45, 7) is 3.61. The second-order valence-electron chi connectivity index (χ2n) is 9.15. The quantitative estimate of drug-likeness (QED) is 0.325. The Morgan fingerprint density at radius 3 is 2.67 bits per heavy atom. The van der Waals surface area contributed by atoms with E-state index in [1.165, 1.54) is 12.4 Å². The minimum absolute atomic E-state index is 0.0671. The predicted molar refractivity (Wildman–Crippen MR) is 141 cm³/mol. The molecule has 2 N–H and O–H groups in total. The number of pyridine rings is 1. The average molecular weight is 532 g/mol. The molecule has 1 aromatic carbocycles. The maximum absolute atomic E-state index is 13.7. The number of hydrogen-bond donors (Lipinski definition) is 2. The van der Waals surface area contributed by atoms with Crippen molar-refractivity contribution in [3.8, 4) is 11.3 Å². The van der Waals surface area contributed by atoms with Crippen LogP contribution in [0.5, 0.6) is 0 Å². The molecule has 4 aromatic rings. The summed E-state index contributed by atoms with van der Waals surface area (Å²) in [6.07, 6.45) is 5.94. The number of rotatable bonds is 6. The normalized spacial score (nSPS) is 15.4. The van der Waals surface area contributed by atoms with E-state index in [1.807, 2.05) is 19.1 Å². The molecule has 8 nitrogen and oxygen atoms in total. The minimum atomic E-state index is -4.46. The number of nitrogens with one attached hydrogen (secondary N) is 2. The Morgan fingerprint density at radius 2 is 1.95 bits per heavy atom. The van der Waals surface area contributed by atoms with Crippen molar-refractivity contribution in [3.63, 3.8) is 0 Å². The molecular weight excluding hydrogens is 507 g/mol. The Hall–Kier alpha value is -4.80. The van der Waals surface area contributed by atoms with Crippen LogP contribution >= 0.6 is 0 Å². The van der Waals surface area contributed by atoms with Gasteiger partial charge in [-0.25, -0.2) is 15.0 Å². The summed E-state index contributed by atoms with van der Waals surface area (Å²) >= 11 is 0. The van der Waals surface area contributed by atoms with Gasteiger partial charge in [-0.3, -0.25) is 9.78 Å². The number of carbonyl (C=O) groups excluding carboxylic acids is 1. The summed E-state index contributed by atoms with van der Waals surface area (Å²) in [5, 5.41) is 5.76. The van der Waals surface area contributed by atoms with E-state index in [0.29, 0.717) is 28.7 Å². The lowest BCUT2D eigenvalue weighted by Crippen LogP contribution is -2.29. The molecule has 0 aliphatic heterocycles. The van der Waals surface area contributed by atoms with E-state index in [-0.39, 0.29) is 17.7 Å². The van der Waals surface area contributed by atoms with E-state index < -0.39 is 18.0 Å². The number of hydrogen-bond acceptors (Lipinski definition) is 6. The van der Waals surface area contributed by atoms with Crippen molar-refractivity contribution in [2.75, 3.05) is 5.32 Å². The number of amides is 1. The fraction of sp³-hybridized carbons (Fsp3) is 0.179. The van der Waals surface area contributed by atoms with Crippen molar-refractivity contribution in [1.82, 2.24) is 29.8 Å². The summed E-state index contributed by atoms with van der Waals surface area (Å²) in [7, 11) is 0. The van der Waals surface area contributed by atoms with E-state index in [0.717, 1.165) is 17.2 Å². The van der Waals surface area contributed by atoms with Gasteiger partial charge in [0.15, 0.2) is 0 Å². The summed E-state index contributed by atoms with van der Waals surface area (Å²) in [6, 6.07) is 10.4. The lowest BCUT2D eigenvalue weighted by atomic mass is 9.95. The summed E-state index contributed by atoms with van der Waals surface area (Å²) in [5.41, 5.74) is 4.29. The van der Waals surface area contributed by atoms with E-state index in [1.54, 1.807) is 60.5 Å². The maximum atomic E-state index is 13.7. The highest BCUT2D eigenvalue weighted by Crippen LogP contribution is 2.37. The third kappa shape index (κ3) is 6.03. The van der Waals surface area contributed by atoms with Gasteiger partial charge in [0.1, 0.15) is 0 Å². The number of benzene rings is 1. The van der Waals surface area contributed by atoms with Crippen LogP contribution in [0.4, 0.5) is 24.8 Å². The second kappa shape index (κ2) is 10.5. The zero-order valence-corrected chi connectivity index (χ0v) is 21.1. The first-order valence-electron chi connectivity index (χ1n) is 12.1. The molecule has 39 heavy (non-hydrogen) atoms. The molecule has 0 saturated carbocycles. The number of anilines is 2. The van der Waals surface area contributed by atoms with Gasteiger partial charge in [0.05, 0.1) is 23.6 Å². The standard InChI is InChI=1S/C28H24F3N7O/c1-17-5-6-19(10-25(17)37-27-33-9-7-24(36-27)20-4-3-8-32-14-20)26(39)35-22-11-21(28(29,30)31)12-23(13-22)38-15-18(2)34-16-38/h3-11,13-16,21H,12H2,1-2H3,(H,35,39)(H,33,36,37). The molecule has 1 atom stereocenters. The fourth-order valence-electron chi connectivity index (χ4n) is 4.15. The highest BCUT2D eigenvalue weighted by Gasteiger charge is 2.40. The van der Waals surface area contributed by atoms with Gasteiger partial charge in [0, 0.05) is 59.4 Å². The molecule has 198 valence electrons. The first-order valence-corrected chi connectivity index (χ1v) is 12.1. The smallest absolute Gasteiger partial charge is 0.324 e. The van der Waals surface area contributed by atoms with Crippen LogP contribution in [0.15, 0.2) is 85.4 Å². The van der Waals surface area contributed by atoms with Crippen molar-refractivity contribution in [1.29, 1.82) is 0 Å². The summed E-state index contributed by atoms with van der Waals surface area (Å²) in [4.78, 5) is 30.1. The molecule has 1 amide bonds. The van der Waals surface area contributed by atoms with Crippen molar-refractivity contribution in [2.45, 2.75) is 26.4 Å². The second-order valence-corrected chi connectivity index (χ2v) is 9.15. The summed E-state index contributed by atoms with van der Waals surface area (Å²) in [5.74, 6) is -1.97. The molecule has 0 fully saturated rings. The van der Waals surface area contributed by atoms with E-state index in [4.69, 9.17) is 0 Å². The molecular formula is C28H24F3N7O. The Labute approximate surface area is 222 Å². The Kier molecular flexibility index (Phi) is 6.97. The van der Waals surface area contributed by atoms with Gasteiger partial charge in [-0.2, -0.15) is 13.2 Å². The highest BCUT2D eigenvalue weighted by atomic mass is 19.4. The van der Waals surface area contributed by atoms with Gasteiger partial charge in [-0.1, -0.05) is 6.07 Å². The third-order valence-electron chi connectivity index (χ3n) is 6.21. The first-order chi connectivity index (χ1) is 18.7. The largest absolute Gasteiger partial charge is 0.395 e.